The molecule has 9 amide bonds. The summed E-state index contributed by atoms with van der Waals surface area (Å²) in [7, 11) is 0. The number of rotatable bonds is 35. The molecule has 9 atom stereocenters. The minimum atomic E-state index is -1.99. The number of nitrogens with one attached hydrogen (secondary N) is 8. The summed E-state index contributed by atoms with van der Waals surface area (Å²) in [5, 5.41) is 69.7. The van der Waals surface area contributed by atoms with Crippen molar-refractivity contribution < 1.29 is 78.3 Å². The molecule has 0 aliphatic carbocycles. The first kappa shape index (κ1) is 68.6. The molecular weight excluding hydrogens is 1080 g/mol. The topological polar surface area (TPSA) is 437 Å². The summed E-state index contributed by atoms with van der Waals surface area (Å²) in [4.78, 5) is 148. The smallest absolute Gasteiger partial charge is 0.326 e. The summed E-state index contributed by atoms with van der Waals surface area (Å²) in [6, 6.07) is 5.93. The molecule has 0 unspecified atom stereocenters. The lowest BCUT2D eigenvalue weighted by Gasteiger charge is -2.28. The number of carboxylic acids is 2. The van der Waals surface area contributed by atoms with Crippen molar-refractivity contribution in [2.24, 2.45) is 29.2 Å². The van der Waals surface area contributed by atoms with Gasteiger partial charge in [0.05, 0.1) is 19.1 Å². The van der Waals surface area contributed by atoms with E-state index in [4.69, 9.17) is 11.5 Å². The van der Waals surface area contributed by atoms with Crippen molar-refractivity contribution in [3.05, 3.63) is 95.6 Å². The molecule has 0 bridgehead atoms. The Bertz CT molecular complexity index is 2690. The average Bonchev–Trinajstić information content (AvgIpc) is 3.44. The molecule has 3 aromatic carbocycles. The molecule has 0 heterocycles. The summed E-state index contributed by atoms with van der Waals surface area (Å²) in [6.45, 7) is 9.45. The number of hydrogen-bond donors (Lipinski definition) is 15. The van der Waals surface area contributed by atoms with Crippen molar-refractivity contribution in [2.75, 3.05) is 6.61 Å². The highest BCUT2D eigenvalue weighted by Gasteiger charge is 2.36. The van der Waals surface area contributed by atoms with Crippen LogP contribution in [0.2, 0.25) is 0 Å². The molecule has 0 fully saturated rings. The maximum absolute atomic E-state index is 14.2. The number of aliphatic hydroxyl groups is 1. The third-order valence-corrected chi connectivity index (χ3v) is 12.8. The zero-order valence-electron chi connectivity index (χ0n) is 47.4. The van der Waals surface area contributed by atoms with E-state index in [9.17, 15) is 78.3 Å². The fraction of sp³-hybridized carbons (Fsp3) is 0.491. The molecule has 17 N–H and O–H groups in total. The largest absolute Gasteiger partial charge is 0.508 e. The molecule has 3 aromatic rings. The lowest BCUT2D eigenvalue weighted by atomic mass is 9.98. The van der Waals surface area contributed by atoms with Gasteiger partial charge in [0.25, 0.3) is 0 Å². The Morgan fingerprint density at radius 2 is 0.759 bits per heavy atom. The Morgan fingerprint density at radius 1 is 0.422 bits per heavy atom. The van der Waals surface area contributed by atoms with Crippen LogP contribution in [0.4, 0.5) is 0 Å². The van der Waals surface area contributed by atoms with Crippen molar-refractivity contribution in [1.82, 2.24) is 42.5 Å². The highest BCUT2D eigenvalue weighted by Crippen LogP contribution is 2.16. The zero-order chi connectivity index (χ0) is 62.1. The number of carboxylic acid groups (broad SMARTS) is 2. The van der Waals surface area contributed by atoms with Crippen LogP contribution in [0.1, 0.15) is 96.8 Å². The SMILES string of the molecule is CC(C)C[C@H](NC(=O)[C@H](CC(C)C)NC(=O)[C@H](CO)NC(=O)[C@H](CC(=O)O)NC(=O)[C@H](Cc1ccc(O)cc1)NC(=O)[C@H](CCC(N)=O)NC(=O)[C@@H](N)CC(C)C)C(=O)N[C@@H](Cc1ccccc1)C(=O)N[C@@H](Cc1ccc(O)cc1)C(=O)O. The number of phenols is 2. The third kappa shape index (κ3) is 24.9. The minimum absolute atomic E-state index is 0.00324. The van der Waals surface area contributed by atoms with Gasteiger partial charge in [0.1, 0.15) is 59.8 Å². The Hall–Kier alpha value is -8.65. The second-order valence-corrected chi connectivity index (χ2v) is 21.5. The second kappa shape index (κ2) is 33.9. The predicted molar refractivity (Wildman–Crippen MR) is 301 cm³/mol. The molecule has 83 heavy (non-hydrogen) atoms. The van der Waals surface area contributed by atoms with Crippen LogP contribution < -0.4 is 54.0 Å². The van der Waals surface area contributed by atoms with E-state index in [0.717, 1.165) is 0 Å². The summed E-state index contributed by atoms with van der Waals surface area (Å²) < 4.78 is 0. The van der Waals surface area contributed by atoms with Gasteiger partial charge in [-0.2, -0.15) is 0 Å². The molecule has 26 nitrogen and oxygen atoms in total. The number of aromatic hydroxyl groups is 2. The number of aliphatic carboxylic acids is 2. The molecule has 26 heteroatoms. The van der Waals surface area contributed by atoms with E-state index in [1.807, 2.05) is 13.8 Å². The normalized spacial score (nSPS) is 14.4. The number of hydrogen-bond acceptors (Lipinski definition) is 15. The van der Waals surface area contributed by atoms with Crippen molar-refractivity contribution in [3.63, 3.8) is 0 Å². The minimum Gasteiger partial charge on any atom is -0.508 e. The van der Waals surface area contributed by atoms with Gasteiger partial charge in [0.2, 0.25) is 53.2 Å². The van der Waals surface area contributed by atoms with E-state index >= 15 is 0 Å². The molecule has 0 aromatic heterocycles. The summed E-state index contributed by atoms with van der Waals surface area (Å²) >= 11 is 0. The Kier molecular flexibility index (Phi) is 28.1. The van der Waals surface area contributed by atoms with Gasteiger partial charge in [-0.05, 0) is 84.4 Å². The van der Waals surface area contributed by atoms with E-state index in [-0.39, 0.29) is 80.6 Å². The van der Waals surface area contributed by atoms with E-state index in [2.05, 4.69) is 42.5 Å². The van der Waals surface area contributed by atoms with Gasteiger partial charge in [0.15, 0.2) is 0 Å². The number of benzene rings is 3. The lowest BCUT2D eigenvalue weighted by Crippen LogP contribution is -2.61. The van der Waals surface area contributed by atoms with Crippen molar-refractivity contribution in [3.8, 4) is 11.5 Å². The average molecular weight is 1160 g/mol. The highest BCUT2D eigenvalue weighted by atomic mass is 16.4. The molecule has 0 aliphatic heterocycles. The van der Waals surface area contributed by atoms with Crippen LogP contribution in [0.5, 0.6) is 11.5 Å². The van der Waals surface area contributed by atoms with Crippen LogP contribution in [0.25, 0.3) is 0 Å². The lowest BCUT2D eigenvalue weighted by molar-refractivity contribution is -0.142. The second-order valence-electron chi connectivity index (χ2n) is 21.5. The van der Waals surface area contributed by atoms with Gasteiger partial charge in [-0.15, -0.1) is 0 Å². The first-order chi connectivity index (χ1) is 39.0. The molecule has 0 spiro atoms. The number of amides is 9. The van der Waals surface area contributed by atoms with Crippen LogP contribution >= 0.6 is 0 Å². The van der Waals surface area contributed by atoms with Crippen LogP contribution in [-0.2, 0) is 72.0 Å². The van der Waals surface area contributed by atoms with Crippen LogP contribution in [0, 0.1) is 17.8 Å². The molecular formula is C57H80N10O16. The van der Waals surface area contributed by atoms with Gasteiger partial charge < -0.3 is 79.5 Å². The summed E-state index contributed by atoms with van der Waals surface area (Å²) in [6.07, 6.45) is -2.26. The number of carbonyl (C=O) groups is 11. The fourth-order valence-corrected chi connectivity index (χ4v) is 8.54. The Labute approximate surface area is 481 Å². The molecule has 0 aliphatic rings. The van der Waals surface area contributed by atoms with E-state index < -0.39 is 133 Å². The fourth-order valence-electron chi connectivity index (χ4n) is 8.54. The van der Waals surface area contributed by atoms with Crippen LogP contribution in [0.15, 0.2) is 78.9 Å². The summed E-state index contributed by atoms with van der Waals surface area (Å²) in [5.41, 5.74) is 12.8. The van der Waals surface area contributed by atoms with Gasteiger partial charge in [-0.25, -0.2) is 4.79 Å². The number of aliphatic hydroxyl groups excluding tert-OH is 1. The van der Waals surface area contributed by atoms with Crippen molar-refractivity contribution in [2.45, 2.75) is 154 Å². The monoisotopic (exact) mass is 1160 g/mol. The maximum atomic E-state index is 14.2. The standard InChI is InChI=1S/C57H80N10O16/c1-30(2)22-38(58)49(74)60-39(20-21-47(59)71)50(75)63-43(26-34-12-16-36(69)17-13-34)53(78)65-44(28-48(72)73)55(80)67-46(29-68)56(81)62-41(24-32(5)6)51(76)61-40(23-31(3)4)52(77)64-42(25-33-10-8-7-9-11-33)54(79)66-45(57(82)83)27-35-14-18-37(70)19-15-35/h7-19,30-32,38-46,68-70H,20-29,58H2,1-6H3,(H2,59,71)(H,60,74)(H,61,76)(H,62,81)(H,63,75)(H,64,77)(H,65,78)(H,66,79)(H,67,80)(H,72,73)(H,82,83)/t38-,39-,40-,41-,42-,43-,44-,45-,46-/m0/s1. The number of nitrogens with two attached hydrogens (primary N) is 2. The van der Waals surface area contributed by atoms with E-state index in [1.165, 1.54) is 48.5 Å². The third-order valence-electron chi connectivity index (χ3n) is 12.8. The number of primary amides is 1. The summed E-state index contributed by atoms with van der Waals surface area (Å²) in [5.74, 6) is -12.5. The van der Waals surface area contributed by atoms with Crippen LogP contribution in [-0.4, -0.2) is 152 Å². The van der Waals surface area contributed by atoms with Gasteiger partial charge in [-0.3, -0.25) is 47.9 Å². The van der Waals surface area contributed by atoms with Gasteiger partial charge in [0, 0.05) is 25.7 Å². The van der Waals surface area contributed by atoms with Gasteiger partial charge >= 0.3 is 11.9 Å². The van der Waals surface area contributed by atoms with Crippen molar-refractivity contribution in [1.29, 1.82) is 0 Å². The highest BCUT2D eigenvalue weighted by molar-refractivity contribution is 5.99. The van der Waals surface area contributed by atoms with Gasteiger partial charge in [-0.1, -0.05) is 96.1 Å². The zero-order valence-corrected chi connectivity index (χ0v) is 47.4. The maximum Gasteiger partial charge on any atom is 0.326 e. The molecule has 0 saturated heterocycles. The van der Waals surface area contributed by atoms with E-state index in [1.54, 1.807) is 58.0 Å². The molecule has 0 radical (unpaired) electrons. The van der Waals surface area contributed by atoms with E-state index in [0.29, 0.717) is 16.7 Å². The first-order valence-electron chi connectivity index (χ1n) is 27.2. The Balaban J connectivity index is 1.88. The quantitative estimate of drug-likeness (QED) is 0.0346. The van der Waals surface area contributed by atoms with Crippen LogP contribution in [0.3, 0.4) is 0 Å². The number of carbonyl (C=O) groups excluding carboxylic acids is 9. The number of phenolic OH excluding ortho intramolecular Hbond substituents is 2. The molecule has 3 rings (SSSR count). The van der Waals surface area contributed by atoms with Crippen molar-refractivity contribution >= 4 is 65.1 Å². The molecule has 454 valence electrons. The first-order valence-corrected chi connectivity index (χ1v) is 27.2. The Morgan fingerprint density at radius 3 is 1.17 bits per heavy atom. The predicted octanol–water partition coefficient (Wildman–Crippen LogP) is -0.713. The molecule has 0 saturated carbocycles.